The summed E-state index contributed by atoms with van der Waals surface area (Å²) in [5, 5.41) is 0. The van der Waals surface area contributed by atoms with Gasteiger partial charge in [-0.1, -0.05) is 0 Å². The molecule has 4 atom stereocenters. The number of carbonyl (C=O) groups is 4. The first-order valence-electron chi connectivity index (χ1n) is 8.03. The van der Waals surface area contributed by atoms with Crippen molar-refractivity contribution in [2.45, 2.75) is 25.7 Å². The molecule has 0 radical (unpaired) electrons. The molecule has 2 aliphatic carbocycles. The highest BCUT2D eigenvalue weighted by Gasteiger charge is 2.57. The Kier molecular flexibility index (Phi) is 2.78. The van der Waals surface area contributed by atoms with E-state index >= 15 is 0 Å². The molecular formula is C16H20N2O4. The number of nitrogens with zero attached hydrogens (tertiary/aromatic N) is 2. The first-order valence-corrected chi connectivity index (χ1v) is 8.03. The second kappa shape index (κ2) is 4.40. The lowest BCUT2D eigenvalue weighted by Crippen LogP contribution is -2.30. The Balaban J connectivity index is 1.49. The van der Waals surface area contributed by atoms with Gasteiger partial charge in [-0.05, 0) is 37.5 Å². The van der Waals surface area contributed by atoms with Crippen molar-refractivity contribution in [1.29, 1.82) is 0 Å². The van der Waals surface area contributed by atoms with Crippen LogP contribution in [0, 0.1) is 35.5 Å². The van der Waals surface area contributed by atoms with Gasteiger partial charge in [0.2, 0.25) is 23.6 Å². The third-order valence-corrected chi connectivity index (χ3v) is 6.46. The van der Waals surface area contributed by atoms with Crippen molar-refractivity contribution in [2.75, 3.05) is 14.1 Å². The number of rotatable bonds is 1. The standard InChI is InChI=1S/C16H20N2O4/c1-17-13(19)9-3-7(4-10(9)14(17)20)8-5-11-12(6-8)16(22)18(2)15(11)21/h7-12H,3-6H2,1-2H3. The number of imide groups is 2. The van der Waals surface area contributed by atoms with Crippen LogP contribution in [0.1, 0.15) is 25.7 Å². The van der Waals surface area contributed by atoms with E-state index in [2.05, 4.69) is 0 Å². The van der Waals surface area contributed by atoms with E-state index in [9.17, 15) is 19.2 Å². The summed E-state index contributed by atoms with van der Waals surface area (Å²) in [5.41, 5.74) is 0. The summed E-state index contributed by atoms with van der Waals surface area (Å²) in [4.78, 5) is 50.9. The molecule has 4 unspecified atom stereocenters. The Labute approximate surface area is 128 Å². The summed E-state index contributed by atoms with van der Waals surface area (Å²) < 4.78 is 0. The molecule has 118 valence electrons. The number of carbonyl (C=O) groups excluding carboxylic acids is 4. The summed E-state index contributed by atoms with van der Waals surface area (Å²) in [6.45, 7) is 0. The summed E-state index contributed by atoms with van der Waals surface area (Å²) in [6, 6.07) is 0. The number of amides is 4. The van der Waals surface area contributed by atoms with Crippen LogP contribution in [0.2, 0.25) is 0 Å². The minimum atomic E-state index is -0.169. The summed E-state index contributed by atoms with van der Waals surface area (Å²) in [7, 11) is 3.12. The third-order valence-electron chi connectivity index (χ3n) is 6.46. The predicted molar refractivity (Wildman–Crippen MR) is 75.0 cm³/mol. The van der Waals surface area contributed by atoms with Gasteiger partial charge < -0.3 is 0 Å². The zero-order chi connectivity index (χ0) is 15.8. The molecular weight excluding hydrogens is 284 g/mol. The first kappa shape index (κ1) is 13.9. The zero-order valence-electron chi connectivity index (χ0n) is 12.8. The van der Waals surface area contributed by atoms with Gasteiger partial charge in [0, 0.05) is 14.1 Å². The van der Waals surface area contributed by atoms with Crippen LogP contribution in [0.25, 0.3) is 0 Å². The fourth-order valence-electron chi connectivity index (χ4n) is 5.23. The maximum absolute atomic E-state index is 12.1. The van der Waals surface area contributed by atoms with E-state index in [4.69, 9.17) is 0 Å². The molecule has 4 rings (SSSR count). The Hall–Kier alpha value is -1.72. The SMILES string of the molecule is CN1C(=O)C2CC(C3CC4C(=O)N(C)C(=O)C4C3)CC2C1=O. The van der Waals surface area contributed by atoms with Gasteiger partial charge >= 0.3 is 0 Å². The molecule has 0 bridgehead atoms. The molecule has 2 aliphatic heterocycles. The molecule has 22 heavy (non-hydrogen) atoms. The van der Waals surface area contributed by atoms with Crippen LogP contribution in [0.3, 0.4) is 0 Å². The van der Waals surface area contributed by atoms with E-state index in [1.54, 1.807) is 14.1 Å². The average Bonchev–Trinajstić information content (AvgIpc) is 3.21. The minimum Gasteiger partial charge on any atom is -0.285 e. The fraction of sp³-hybridized carbons (Fsp3) is 0.750. The highest BCUT2D eigenvalue weighted by atomic mass is 16.2. The number of fused-ring (bicyclic) bond motifs is 2. The molecule has 0 aromatic carbocycles. The zero-order valence-corrected chi connectivity index (χ0v) is 12.8. The van der Waals surface area contributed by atoms with Gasteiger partial charge in [0.05, 0.1) is 23.7 Å². The van der Waals surface area contributed by atoms with E-state index in [1.807, 2.05) is 0 Å². The minimum absolute atomic E-state index is 0.0532. The van der Waals surface area contributed by atoms with Crippen molar-refractivity contribution >= 4 is 23.6 Å². The lowest BCUT2D eigenvalue weighted by atomic mass is 9.87. The average molecular weight is 304 g/mol. The fourth-order valence-corrected chi connectivity index (χ4v) is 5.23. The molecule has 2 saturated carbocycles. The topological polar surface area (TPSA) is 74.8 Å². The second-order valence-electron chi connectivity index (χ2n) is 7.36. The number of hydrogen-bond acceptors (Lipinski definition) is 4. The molecule has 4 fully saturated rings. The molecule has 6 heteroatoms. The molecule has 0 aromatic heterocycles. The van der Waals surface area contributed by atoms with E-state index in [1.165, 1.54) is 9.80 Å². The van der Waals surface area contributed by atoms with Gasteiger partial charge in [-0.2, -0.15) is 0 Å². The molecule has 0 aromatic rings. The number of likely N-dealkylation sites (tertiary alicyclic amines) is 2. The lowest BCUT2D eigenvalue weighted by Gasteiger charge is -2.21. The maximum Gasteiger partial charge on any atom is 0.232 e. The predicted octanol–water partition coefficient (Wildman–Crippen LogP) is 0.268. The van der Waals surface area contributed by atoms with E-state index in [0.717, 1.165) is 25.7 Å². The van der Waals surface area contributed by atoms with Crippen LogP contribution in [0.4, 0.5) is 0 Å². The van der Waals surface area contributed by atoms with Crippen molar-refractivity contribution in [2.24, 2.45) is 35.5 Å². The third kappa shape index (κ3) is 1.61. The molecule has 2 saturated heterocycles. The van der Waals surface area contributed by atoms with Crippen molar-refractivity contribution in [3.8, 4) is 0 Å². The highest BCUT2D eigenvalue weighted by molar-refractivity contribution is 6.06. The van der Waals surface area contributed by atoms with Crippen LogP contribution >= 0.6 is 0 Å². The quantitative estimate of drug-likeness (QED) is 0.652. The van der Waals surface area contributed by atoms with Crippen molar-refractivity contribution < 1.29 is 19.2 Å². The maximum atomic E-state index is 12.1. The smallest absolute Gasteiger partial charge is 0.232 e. The van der Waals surface area contributed by atoms with Crippen LogP contribution in [0.5, 0.6) is 0 Å². The molecule has 6 nitrogen and oxygen atoms in total. The molecule has 2 heterocycles. The van der Waals surface area contributed by atoms with Crippen molar-refractivity contribution in [3.63, 3.8) is 0 Å². The summed E-state index contributed by atoms with van der Waals surface area (Å²) in [6.07, 6.45) is 2.95. The van der Waals surface area contributed by atoms with Gasteiger partial charge in [0.1, 0.15) is 0 Å². The van der Waals surface area contributed by atoms with Crippen LogP contribution in [-0.2, 0) is 19.2 Å². The van der Waals surface area contributed by atoms with Gasteiger partial charge in [-0.25, -0.2) is 0 Å². The molecule has 4 amide bonds. The summed E-state index contributed by atoms with van der Waals surface area (Å²) in [5.74, 6) is -0.292. The lowest BCUT2D eigenvalue weighted by molar-refractivity contribution is -0.141. The first-order chi connectivity index (χ1) is 10.4. The van der Waals surface area contributed by atoms with E-state index < -0.39 is 0 Å². The van der Waals surface area contributed by atoms with Gasteiger partial charge in [-0.15, -0.1) is 0 Å². The van der Waals surface area contributed by atoms with Gasteiger partial charge in [-0.3, -0.25) is 29.0 Å². The monoisotopic (exact) mass is 304 g/mol. The Bertz CT molecular complexity index is 501. The van der Waals surface area contributed by atoms with Crippen molar-refractivity contribution in [1.82, 2.24) is 9.80 Å². The highest BCUT2D eigenvalue weighted by Crippen LogP contribution is 2.53. The van der Waals surface area contributed by atoms with Crippen LogP contribution in [0.15, 0.2) is 0 Å². The van der Waals surface area contributed by atoms with E-state index in [0.29, 0.717) is 11.8 Å². The Morgan fingerprint density at radius 1 is 0.591 bits per heavy atom. The summed E-state index contributed by atoms with van der Waals surface area (Å²) >= 11 is 0. The van der Waals surface area contributed by atoms with Gasteiger partial charge in [0.25, 0.3) is 0 Å². The largest absolute Gasteiger partial charge is 0.285 e. The van der Waals surface area contributed by atoms with E-state index in [-0.39, 0.29) is 47.3 Å². The second-order valence-corrected chi connectivity index (χ2v) is 7.36. The Morgan fingerprint density at radius 3 is 1.05 bits per heavy atom. The molecule has 0 N–H and O–H groups in total. The molecule has 4 aliphatic rings. The molecule has 0 spiro atoms. The van der Waals surface area contributed by atoms with Crippen LogP contribution in [-0.4, -0.2) is 47.5 Å². The number of hydrogen-bond donors (Lipinski definition) is 0. The van der Waals surface area contributed by atoms with Crippen molar-refractivity contribution in [3.05, 3.63) is 0 Å². The normalized spacial score (nSPS) is 44.3. The van der Waals surface area contributed by atoms with Crippen LogP contribution < -0.4 is 0 Å². The van der Waals surface area contributed by atoms with Gasteiger partial charge in [0.15, 0.2) is 0 Å². The Morgan fingerprint density at radius 2 is 0.818 bits per heavy atom.